The van der Waals surface area contributed by atoms with Crippen molar-refractivity contribution in [1.29, 1.82) is 0 Å². The van der Waals surface area contributed by atoms with E-state index in [0.29, 0.717) is 13.0 Å². The molecule has 0 atom stereocenters. The van der Waals surface area contributed by atoms with Gasteiger partial charge in [0, 0.05) is 12.0 Å². The number of para-hydroxylation sites is 1. The van der Waals surface area contributed by atoms with Crippen LogP contribution in [0.15, 0.2) is 66.7 Å². The molecule has 0 bridgehead atoms. The molecule has 1 saturated carbocycles. The second kappa shape index (κ2) is 12.7. The smallest absolute Gasteiger partial charge is 0.129 e. The quantitative estimate of drug-likeness (QED) is 0.282. The van der Waals surface area contributed by atoms with Crippen molar-refractivity contribution in [3.05, 3.63) is 83.7 Å². The summed E-state index contributed by atoms with van der Waals surface area (Å²) < 4.78 is 31.9. The molecule has 0 spiro atoms. The first-order valence-corrected chi connectivity index (χ1v) is 12.8. The summed E-state index contributed by atoms with van der Waals surface area (Å²) in [5.41, 5.74) is 3.95. The lowest BCUT2D eigenvalue weighted by molar-refractivity contribution is -0.117. The molecule has 0 aliphatic heterocycles. The number of ether oxygens (including phenoxy) is 3. The van der Waals surface area contributed by atoms with Gasteiger partial charge in [-0.3, -0.25) is 0 Å². The number of carbonyl (C=O) groups excluding carboxylic acids is 1. The minimum Gasteiger partial charge on any atom is -0.496 e. The fourth-order valence-electron chi connectivity index (χ4n) is 4.84. The third-order valence-electron chi connectivity index (χ3n) is 6.78. The lowest BCUT2D eigenvalue weighted by Gasteiger charge is -2.29. The minimum absolute atomic E-state index is 0.125. The number of ketones is 1. The number of benzene rings is 3. The molecule has 1 aliphatic rings. The number of carbonyl (C=O) groups is 1. The van der Waals surface area contributed by atoms with E-state index in [0.717, 1.165) is 72.3 Å². The van der Waals surface area contributed by atoms with Crippen LogP contribution in [0.4, 0.5) is 4.39 Å². The summed E-state index contributed by atoms with van der Waals surface area (Å²) in [4.78, 5) is 11.4. The van der Waals surface area contributed by atoms with E-state index >= 15 is 0 Å². The number of methoxy groups -OCH3 is 1. The Balaban J connectivity index is 1.37. The Hall–Kier alpha value is -3.18. The van der Waals surface area contributed by atoms with E-state index in [1.54, 1.807) is 26.2 Å². The summed E-state index contributed by atoms with van der Waals surface area (Å²) in [6.07, 6.45) is 6.15. The average Bonchev–Trinajstić information content (AvgIpc) is 2.89. The van der Waals surface area contributed by atoms with Crippen molar-refractivity contribution in [2.24, 2.45) is 0 Å². The molecule has 0 unspecified atom stereocenters. The SMILES string of the molecule is COc1ccccc1COC1CCC(Oc2ccc(CCCC(C)=O)c(-c3cccc(F)c3)c2)CC1. The molecule has 0 heterocycles. The van der Waals surface area contributed by atoms with Gasteiger partial charge in [-0.1, -0.05) is 36.4 Å². The Kier molecular flexibility index (Phi) is 9.12. The average molecular weight is 491 g/mol. The first kappa shape index (κ1) is 25.9. The highest BCUT2D eigenvalue weighted by atomic mass is 19.1. The van der Waals surface area contributed by atoms with Crippen LogP contribution in [0.3, 0.4) is 0 Å². The molecule has 0 saturated heterocycles. The third kappa shape index (κ3) is 7.17. The first-order chi connectivity index (χ1) is 17.5. The maximum Gasteiger partial charge on any atom is 0.129 e. The van der Waals surface area contributed by atoms with Gasteiger partial charge in [0.2, 0.25) is 0 Å². The van der Waals surface area contributed by atoms with Gasteiger partial charge in [-0.25, -0.2) is 4.39 Å². The largest absolute Gasteiger partial charge is 0.496 e. The van der Waals surface area contributed by atoms with Gasteiger partial charge in [0.05, 0.1) is 25.9 Å². The van der Waals surface area contributed by atoms with Crippen LogP contribution in [-0.2, 0) is 22.6 Å². The van der Waals surface area contributed by atoms with Crippen molar-refractivity contribution in [1.82, 2.24) is 0 Å². The van der Waals surface area contributed by atoms with Gasteiger partial charge in [-0.05, 0) is 92.5 Å². The second-order valence-electron chi connectivity index (χ2n) is 9.52. The van der Waals surface area contributed by atoms with Gasteiger partial charge in [-0.15, -0.1) is 0 Å². The Labute approximate surface area is 213 Å². The molecule has 3 aromatic rings. The standard InChI is InChI=1S/C31H35FO4/c1-22(33)7-5-9-23-13-14-29(20-30(23)24-10-6-11-26(32)19-24)36-28-17-15-27(16-18-28)35-21-25-8-3-4-12-31(25)34-2/h3-4,6,8,10-14,19-20,27-28H,5,7,9,15-18,21H2,1-2H3. The normalized spacial score (nSPS) is 17.5. The zero-order chi connectivity index (χ0) is 25.3. The Morgan fingerprint density at radius 2 is 1.69 bits per heavy atom. The number of hydrogen-bond acceptors (Lipinski definition) is 4. The van der Waals surface area contributed by atoms with Gasteiger partial charge >= 0.3 is 0 Å². The van der Waals surface area contributed by atoms with Crippen LogP contribution in [0.2, 0.25) is 0 Å². The second-order valence-corrected chi connectivity index (χ2v) is 9.52. The molecule has 4 rings (SSSR count). The highest BCUT2D eigenvalue weighted by Gasteiger charge is 2.23. The van der Waals surface area contributed by atoms with Crippen LogP contribution in [0.5, 0.6) is 11.5 Å². The van der Waals surface area contributed by atoms with Gasteiger partial charge in [0.1, 0.15) is 23.1 Å². The molecule has 0 radical (unpaired) electrons. The maximum atomic E-state index is 14.0. The number of halogens is 1. The van der Waals surface area contributed by atoms with Crippen molar-refractivity contribution >= 4 is 5.78 Å². The van der Waals surface area contributed by atoms with Crippen LogP contribution in [0.25, 0.3) is 11.1 Å². The molecule has 3 aromatic carbocycles. The Morgan fingerprint density at radius 3 is 2.44 bits per heavy atom. The van der Waals surface area contributed by atoms with Gasteiger partial charge in [-0.2, -0.15) is 0 Å². The molecule has 0 amide bonds. The number of hydrogen-bond donors (Lipinski definition) is 0. The van der Waals surface area contributed by atoms with Crippen molar-refractivity contribution in [3.8, 4) is 22.6 Å². The van der Waals surface area contributed by atoms with E-state index in [4.69, 9.17) is 14.2 Å². The molecular formula is C31H35FO4. The summed E-state index contributed by atoms with van der Waals surface area (Å²) in [5.74, 6) is 1.57. The predicted molar refractivity (Wildman–Crippen MR) is 140 cm³/mol. The molecule has 36 heavy (non-hydrogen) atoms. The van der Waals surface area contributed by atoms with Crippen LogP contribution >= 0.6 is 0 Å². The van der Waals surface area contributed by atoms with E-state index in [2.05, 4.69) is 6.07 Å². The van der Waals surface area contributed by atoms with Crippen molar-refractivity contribution in [3.63, 3.8) is 0 Å². The summed E-state index contributed by atoms with van der Waals surface area (Å²) in [5, 5.41) is 0. The molecular weight excluding hydrogens is 455 g/mol. The fourth-order valence-corrected chi connectivity index (χ4v) is 4.84. The van der Waals surface area contributed by atoms with E-state index in [9.17, 15) is 9.18 Å². The maximum absolute atomic E-state index is 14.0. The first-order valence-electron chi connectivity index (χ1n) is 12.8. The lowest BCUT2D eigenvalue weighted by atomic mass is 9.94. The van der Waals surface area contributed by atoms with Gasteiger partial charge in [0.25, 0.3) is 0 Å². The minimum atomic E-state index is -0.264. The molecule has 0 aromatic heterocycles. The highest BCUT2D eigenvalue weighted by molar-refractivity contribution is 5.75. The lowest BCUT2D eigenvalue weighted by Crippen LogP contribution is -2.28. The zero-order valence-corrected chi connectivity index (χ0v) is 21.2. The van der Waals surface area contributed by atoms with Crippen LogP contribution in [-0.4, -0.2) is 25.1 Å². The molecule has 1 aliphatic carbocycles. The fraction of sp³-hybridized carbons (Fsp3) is 0.387. The summed E-state index contributed by atoms with van der Waals surface area (Å²) >= 11 is 0. The predicted octanol–water partition coefficient (Wildman–Crippen LogP) is 7.32. The number of rotatable bonds is 11. The monoisotopic (exact) mass is 490 g/mol. The molecule has 1 fully saturated rings. The van der Waals surface area contributed by atoms with Crippen LogP contribution in [0, 0.1) is 5.82 Å². The molecule has 4 nitrogen and oxygen atoms in total. The molecule has 0 N–H and O–H groups in total. The third-order valence-corrected chi connectivity index (χ3v) is 6.78. The molecule has 5 heteroatoms. The summed E-state index contributed by atoms with van der Waals surface area (Å²) in [6.45, 7) is 2.16. The molecule has 190 valence electrons. The van der Waals surface area contributed by atoms with Gasteiger partial charge in [0.15, 0.2) is 0 Å². The summed E-state index contributed by atoms with van der Waals surface area (Å²) in [6, 6.07) is 20.7. The van der Waals surface area contributed by atoms with E-state index in [1.807, 2.05) is 42.5 Å². The summed E-state index contributed by atoms with van der Waals surface area (Å²) in [7, 11) is 1.68. The number of Topliss-reactive ketones (excluding diaryl/α,β-unsaturated/α-hetero) is 1. The highest BCUT2D eigenvalue weighted by Crippen LogP contribution is 2.32. The number of aryl methyl sites for hydroxylation is 1. The topological polar surface area (TPSA) is 44.8 Å². The van der Waals surface area contributed by atoms with E-state index < -0.39 is 0 Å². The zero-order valence-electron chi connectivity index (χ0n) is 21.2. The Bertz CT molecular complexity index is 1150. The van der Waals surface area contributed by atoms with Crippen molar-refractivity contribution < 1.29 is 23.4 Å². The Morgan fingerprint density at radius 1 is 0.917 bits per heavy atom. The van der Waals surface area contributed by atoms with Crippen molar-refractivity contribution in [2.75, 3.05) is 7.11 Å². The van der Waals surface area contributed by atoms with Crippen LogP contribution < -0.4 is 9.47 Å². The van der Waals surface area contributed by atoms with Gasteiger partial charge < -0.3 is 19.0 Å². The van der Waals surface area contributed by atoms with E-state index in [1.165, 1.54) is 6.07 Å². The van der Waals surface area contributed by atoms with Crippen LogP contribution in [0.1, 0.15) is 56.6 Å². The van der Waals surface area contributed by atoms with E-state index in [-0.39, 0.29) is 23.8 Å². The van der Waals surface area contributed by atoms with Crippen molar-refractivity contribution in [2.45, 2.75) is 70.7 Å².